The maximum absolute atomic E-state index is 6.41. The highest BCUT2D eigenvalue weighted by molar-refractivity contribution is 6.31. The molecule has 1 aliphatic rings. The maximum Gasteiger partial charge on any atom is 0.0823 e. The van der Waals surface area contributed by atoms with Gasteiger partial charge in [0.15, 0.2) is 0 Å². The van der Waals surface area contributed by atoms with Gasteiger partial charge in [0, 0.05) is 17.5 Å². The van der Waals surface area contributed by atoms with Crippen LogP contribution >= 0.6 is 11.6 Å². The maximum atomic E-state index is 6.41. The normalized spacial score (nSPS) is 27.4. The molecule has 0 aliphatic heterocycles. The summed E-state index contributed by atoms with van der Waals surface area (Å²) < 4.78 is 2.10. The van der Waals surface area contributed by atoms with E-state index in [4.69, 9.17) is 11.6 Å². The van der Waals surface area contributed by atoms with Gasteiger partial charge < -0.3 is 5.32 Å². The highest BCUT2D eigenvalue weighted by atomic mass is 35.5. The van der Waals surface area contributed by atoms with Gasteiger partial charge in [-0.05, 0) is 46.1 Å². The van der Waals surface area contributed by atoms with Crippen LogP contribution in [0.3, 0.4) is 0 Å². The molecule has 0 amide bonds. The Balaban J connectivity index is 2.19. The molecule has 1 saturated carbocycles. The zero-order valence-electron chi connectivity index (χ0n) is 12.5. The van der Waals surface area contributed by atoms with E-state index < -0.39 is 0 Å². The van der Waals surface area contributed by atoms with Crippen LogP contribution in [0.25, 0.3) is 0 Å². The fraction of sp³-hybridized carbons (Fsp3) is 0.800. The number of rotatable bonds is 5. The Morgan fingerprint density at radius 2 is 2.32 bits per heavy atom. The summed E-state index contributed by atoms with van der Waals surface area (Å²) in [6.45, 7) is 9.99. The number of aromatic nitrogens is 2. The first-order valence-corrected chi connectivity index (χ1v) is 7.82. The lowest BCUT2D eigenvalue weighted by Gasteiger charge is -2.27. The van der Waals surface area contributed by atoms with Crippen LogP contribution in [0, 0.1) is 0 Å². The van der Waals surface area contributed by atoms with Gasteiger partial charge in [-0.25, -0.2) is 0 Å². The van der Waals surface area contributed by atoms with Crippen molar-refractivity contribution in [2.45, 2.75) is 70.9 Å². The van der Waals surface area contributed by atoms with Crippen molar-refractivity contribution in [1.29, 1.82) is 0 Å². The van der Waals surface area contributed by atoms with Crippen molar-refractivity contribution >= 4 is 11.6 Å². The van der Waals surface area contributed by atoms with Crippen molar-refractivity contribution in [1.82, 2.24) is 15.1 Å². The summed E-state index contributed by atoms with van der Waals surface area (Å²) in [5.74, 6) is 0. The highest BCUT2D eigenvalue weighted by Gasteiger charge is 2.40. The standard InChI is InChI=1S/C15H26ClN3/c1-5-8-17-12-6-7-15(4,9-12)14-13(16)10-18-19(14)11(2)3/h10-12,17H,5-9H2,1-4H3. The van der Waals surface area contributed by atoms with Gasteiger partial charge in [-0.2, -0.15) is 5.10 Å². The first-order chi connectivity index (χ1) is 8.98. The fourth-order valence-electron chi connectivity index (χ4n) is 3.28. The molecule has 1 heterocycles. The molecule has 0 saturated heterocycles. The van der Waals surface area contributed by atoms with Crippen molar-refractivity contribution < 1.29 is 0 Å². The van der Waals surface area contributed by atoms with E-state index >= 15 is 0 Å². The second-order valence-corrected chi connectivity index (χ2v) is 6.74. The summed E-state index contributed by atoms with van der Waals surface area (Å²) in [6.07, 6.45) is 6.57. The average Bonchev–Trinajstić information content (AvgIpc) is 2.91. The van der Waals surface area contributed by atoms with E-state index in [0.29, 0.717) is 12.1 Å². The molecule has 1 fully saturated rings. The number of nitrogens with zero attached hydrogens (tertiary/aromatic N) is 2. The van der Waals surface area contributed by atoms with E-state index in [1.165, 1.54) is 25.0 Å². The molecule has 2 rings (SSSR count). The summed E-state index contributed by atoms with van der Waals surface area (Å²) in [5.41, 5.74) is 1.38. The van der Waals surface area contributed by atoms with Crippen molar-refractivity contribution in [3.05, 3.63) is 16.9 Å². The second kappa shape index (κ2) is 5.84. The molecule has 1 aromatic rings. The second-order valence-electron chi connectivity index (χ2n) is 6.33. The molecule has 0 radical (unpaired) electrons. The molecule has 1 aromatic heterocycles. The lowest BCUT2D eigenvalue weighted by Crippen LogP contribution is -2.31. The third kappa shape index (κ3) is 2.97. The first-order valence-electron chi connectivity index (χ1n) is 7.45. The molecule has 1 N–H and O–H groups in total. The Bertz CT molecular complexity index is 427. The third-order valence-corrected chi connectivity index (χ3v) is 4.51. The van der Waals surface area contributed by atoms with E-state index in [9.17, 15) is 0 Å². The third-order valence-electron chi connectivity index (χ3n) is 4.24. The van der Waals surface area contributed by atoms with E-state index in [1.807, 2.05) is 0 Å². The van der Waals surface area contributed by atoms with Gasteiger partial charge in [-0.1, -0.05) is 25.4 Å². The quantitative estimate of drug-likeness (QED) is 0.887. The first kappa shape index (κ1) is 14.9. The predicted octanol–water partition coefficient (Wildman–Crippen LogP) is 3.93. The van der Waals surface area contributed by atoms with Crippen molar-refractivity contribution in [3.63, 3.8) is 0 Å². The molecule has 2 unspecified atom stereocenters. The number of halogens is 1. The molecule has 0 spiro atoms. The van der Waals surface area contributed by atoms with Crippen LogP contribution in [0.4, 0.5) is 0 Å². The SMILES string of the molecule is CCCNC1CCC(C)(c2c(Cl)cnn2C(C)C)C1. The van der Waals surface area contributed by atoms with Crippen LogP contribution in [-0.4, -0.2) is 22.4 Å². The van der Waals surface area contributed by atoms with Gasteiger partial charge in [-0.3, -0.25) is 4.68 Å². The van der Waals surface area contributed by atoms with Crippen LogP contribution in [0.1, 0.15) is 65.1 Å². The highest BCUT2D eigenvalue weighted by Crippen LogP contribution is 2.44. The monoisotopic (exact) mass is 283 g/mol. The Labute approximate surface area is 121 Å². The molecule has 3 nitrogen and oxygen atoms in total. The predicted molar refractivity (Wildman–Crippen MR) is 80.9 cm³/mol. The zero-order chi connectivity index (χ0) is 14.0. The molecule has 0 bridgehead atoms. The topological polar surface area (TPSA) is 29.9 Å². The summed E-state index contributed by atoms with van der Waals surface area (Å²) in [4.78, 5) is 0. The van der Waals surface area contributed by atoms with E-state index in [0.717, 1.165) is 18.0 Å². The average molecular weight is 284 g/mol. The van der Waals surface area contributed by atoms with E-state index in [1.54, 1.807) is 6.20 Å². The lowest BCUT2D eigenvalue weighted by molar-refractivity contribution is 0.392. The molecule has 2 atom stereocenters. The smallest absolute Gasteiger partial charge is 0.0823 e. The lowest BCUT2D eigenvalue weighted by atomic mass is 9.84. The Morgan fingerprint density at radius 3 is 2.95 bits per heavy atom. The molecular weight excluding hydrogens is 258 g/mol. The summed E-state index contributed by atoms with van der Waals surface area (Å²) >= 11 is 6.41. The minimum absolute atomic E-state index is 0.156. The Hall–Kier alpha value is -0.540. The van der Waals surface area contributed by atoms with Gasteiger partial charge in [0.05, 0.1) is 16.9 Å². The van der Waals surface area contributed by atoms with Crippen LogP contribution in [0.5, 0.6) is 0 Å². The van der Waals surface area contributed by atoms with Gasteiger partial charge >= 0.3 is 0 Å². The minimum Gasteiger partial charge on any atom is -0.314 e. The van der Waals surface area contributed by atoms with Gasteiger partial charge in [-0.15, -0.1) is 0 Å². The zero-order valence-corrected chi connectivity index (χ0v) is 13.3. The van der Waals surface area contributed by atoms with Crippen molar-refractivity contribution in [2.75, 3.05) is 6.54 Å². The van der Waals surface area contributed by atoms with Crippen molar-refractivity contribution in [3.8, 4) is 0 Å². The number of hydrogen-bond donors (Lipinski definition) is 1. The minimum atomic E-state index is 0.156. The number of nitrogens with one attached hydrogen (secondary N) is 1. The van der Waals surface area contributed by atoms with Crippen LogP contribution in [0.2, 0.25) is 5.02 Å². The molecule has 19 heavy (non-hydrogen) atoms. The van der Waals surface area contributed by atoms with Crippen LogP contribution in [-0.2, 0) is 5.41 Å². The molecule has 4 heteroatoms. The van der Waals surface area contributed by atoms with Gasteiger partial charge in [0.1, 0.15) is 0 Å². The molecule has 1 aliphatic carbocycles. The Morgan fingerprint density at radius 1 is 1.58 bits per heavy atom. The molecule has 0 aromatic carbocycles. The van der Waals surface area contributed by atoms with Gasteiger partial charge in [0.2, 0.25) is 0 Å². The van der Waals surface area contributed by atoms with E-state index in [-0.39, 0.29) is 5.41 Å². The summed E-state index contributed by atoms with van der Waals surface area (Å²) in [5, 5.41) is 8.93. The Kier molecular flexibility index (Phi) is 4.57. The van der Waals surface area contributed by atoms with Crippen LogP contribution < -0.4 is 5.32 Å². The largest absolute Gasteiger partial charge is 0.314 e. The summed E-state index contributed by atoms with van der Waals surface area (Å²) in [6, 6.07) is 0.985. The van der Waals surface area contributed by atoms with Crippen molar-refractivity contribution in [2.24, 2.45) is 0 Å². The van der Waals surface area contributed by atoms with Gasteiger partial charge in [0.25, 0.3) is 0 Å². The van der Waals surface area contributed by atoms with Crippen LogP contribution in [0.15, 0.2) is 6.20 Å². The summed E-state index contributed by atoms with van der Waals surface area (Å²) in [7, 11) is 0. The molecular formula is C15H26ClN3. The fourth-order valence-corrected chi connectivity index (χ4v) is 3.63. The van der Waals surface area contributed by atoms with E-state index in [2.05, 4.69) is 42.8 Å². The molecule has 108 valence electrons. The number of hydrogen-bond acceptors (Lipinski definition) is 2.